The number of nitrogens with one attached hydrogen (secondary N) is 2. The van der Waals surface area contributed by atoms with E-state index in [1.165, 1.54) is 22.8 Å². The second-order valence-corrected chi connectivity index (χ2v) is 9.34. The zero-order valence-corrected chi connectivity index (χ0v) is 23.3. The number of hydrogen-bond donors (Lipinski definition) is 2. The van der Waals surface area contributed by atoms with Gasteiger partial charge in [0.15, 0.2) is 11.6 Å². The molecular weight excluding hydrogens is 556 g/mol. The molecule has 0 aliphatic carbocycles. The monoisotopic (exact) mass is 583 g/mol. The summed E-state index contributed by atoms with van der Waals surface area (Å²) in [6.45, 7) is 2.05. The smallest absolute Gasteiger partial charge is 0.323 e. The molecule has 0 fully saturated rings. The van der Waals surface area contributed by atoms with Crippen molar-refractivity contribution < 1.29 is 27.8 Å². The van der Waals surface area contributed by atoms with Crippen molar-refractivity contribution in [3.05, 3.63) is 125 Å². The van der Waals surface area contributed by atoms with Gasteiger partial charge in [0.05, 0.1) is 6.61 Å². The predicted octanol–water partition coefficient (Wildman–Crippen LogP) is 7.96. The minimum absolute atomic E-state index is 0.182. The van der Waals surface area contributed by atoms with Gasteiger partial charge in [0, 0.05) is 53.9 Å². The molecule has 0 aliphatic rings. The minimum atomic E-state index is -0.892. The number of carbonyl (C=O) groups excluding carboxylic acids is 1. The molecule has 0 radical (unpaired) electrons. The lowest BCUT2D eigenvalue weighted by Crippen LogP contribution is -2.19. The largest absolute Gasteiger partial charge is 0.493 e. The minimum Gasteiger partial charge on any atom is -0.493 e. The van der Waals surface area contributed by atoms with Crippen LogP contribution >= 0.6 is 0 Å². The van der Waals surface area contributed by atoms with E-state index in [9.17, 15) is 18.4 Å². The number of aromatic nitrogens is 1. The molecule has 0 aliphatic heterocycles. The summed E-state index contributed by atoms with van der Waals surface area (Å²) in [6, 6.07) is 24.6. The fourth-order valence-electron chi connectivity index (χ4n) is 4.23. The lowest BCUT2D eigenvalue weighted by molar-refractivity contribution is 0.262. The SMILES string of the molecule is CCOc1cc(=O)n(C)cc1-c1cc(NC(=O)Nc2cccc(Oc3ccccc3)c2)ccc1Oc1ccc(F)cc1F. The van der Waals surface area contributed by atoms with Gasteiger partial charge >= 0.3 is 6.03 Å². The summed E-state index contributed by atoms with van der Waals surface area (Å²) in [5, 5.41) is 5.55. The number of para-hydroxylation sites is 1. The molecule has 5 rings (SSSR count). The number of nitrogens with zero attached hydrogens (tertiary/aromatic N) is 1. The molecular formula is C33H27F2N3O5. The second-order valence-electron chi connectivity index (χ2n) is 9.34. The van der Waals surface area contributed by atoms with Crippen LogP contribution in [0.4, 0.5) is 25.0 Å². The van der Waals surface area contributed by atoms with Gasteiger partial charge in [-0.25, -0.2) is 13.6 Å². The van der Waals surface area contributed by atoms with E-state index >= 15 is 0 Å². The third-order valence-corrected chi connectivity index (χ3v) is 6.20. The highest BCUT2D eigenvalue weighted by Crippen LogP contribution is 2.40. The quantitative estimate of drug-likeness (QED) is 0.184. The first-order valence-corrected chi connectivity index (χ1v) is 13.3. The Kier molecular flexibility index (Phi) is 8.66. The first-order valence-electron chi connectivity index (χ1n) is 13.3. The van der Waals surface area contributed by atoms with Gasteiger partial charge in [-0.15, -0.1) is 0 Å². The number of carbonyl (C=O) groups is 1. The van der Waals surface area contributed by atoms with Crippen LogP contribution < -0.4 is 30.4 Å². The molecule has 43 heavy (non-hydrogen) atoms. The number of halogens is 2. The highest BCUT2D eigenvalue weighted by molar-refractivity contribution is 6.00. The standard InChI is InChI=1S/C33H27F2N3O5/c1-3-41-31-19-32(39)38(2)20-27(31)26-18-23(13-15-29(26)43-30-14-12-21(34)16-28(30)35)37-33(40)36-22-8-7-11-25(17-22)42-24-9-5-4-6-10-24/h4-20H,3H2,1-2H3,(H2,36,37,40). The van der Waals surface area contributed by atoms with Crippen LogP contribution in [-0.2, 0) is 7.05 Å². The summed E-state index contributed by atoms with van der Waals surface area (Å²) in [5.74, 6) is -0.195. The summed E-state index contributed by atoms with van der Waals surface area (Å²) < 4.78 is 46.8. The van der Waals surface area contributed by atoms with Gasteiger partial charge in [-0.3, -0.25) is 4.79 Å². The summed E-state index contributed by atoms with van der Waals surface area (Å²) >= 11 is 0. The Bertz CT molecular complexity index is 1830. The van der Waals surface area contributed by atoms with Crippen molar-refractivity contribution in [2.45, 2.75) is 6.92 Å². The normalized spacial score (nSPS) is 10.6. The van der Waals surface area contributed by atoms with E-state index in [0.717, 1.165) is 6.07 Å². The van der Waals surface area contributed by atoms with E-state index in [1.54, 1.807) is 56.6 Å². The third kappa shape index (κ3) is 7.17. The van der Waals surface area contributed by atoms with E-state index in [-0.39, 0.29) is 29.4 Å². The Balaban J connectivity index is 1.44. The number of urea groups is 1. The van der Waals surface area contributed by atoms with E-state index in [2.05, 4.69) is 10.6 Å². The Morgan fingerprint density at radius 2 is 1.47 bits per heavy atom. The molecule has 0 saturated carbocycles. The molecule has 2 N–H and O–H groups in total. The molecule has 5 aromatic rings. The molecule has 1 heterocycles. The molecule has 0 unspecified atom stereocenters. The summed E-state index contributed by atoms with van der Waals surface area (Å²) in [4.78, 5) is 25.3. The van der Waals surface area contributed by atoms with Crippen LogP contribution in [0, 0.1) is 11.6 Å². The first kappa shape index (κ1) is 28.9. The number of pyridine rings is 1. The Labute approximate surface area is 246 Å². The predicted molar refractivity (Wildman–Crippen MR) is 160 cm³/mol. The highest BCUT2D eigenvalue weighted by atomic mass is 19.1. The van der Waals surface area contributed by atoms with Crippen LogP contribution in [0.1, 0.15) is 6.92 Å². The summed E-state index contributed by atoms with van der Waals surface area (Å²) in [5.41, 5.74) is 1.41. The molecule has 0 atom stereocenters. The Morgan fingerprint density at radius 3 is 2.21 bits per heavy atom. The summed E-state index contributed by atoms with van der Waals surface area (Å²) in [6.07, 6.45) is 1.55. The maximum absolute atomic E-state index is 14.5. The van der Waals surface area contributed by atoms with Crippen molar-refractivity contribution in [2.75, 3.05) is 17.2 Å². The summed E-state index contributed by atoms with van der Waals surface area (Å²) in [7, 11) is 1.58. The van der Waals surface area contributed by atoms with Gasteiger partial charge < -0.3 is 29.4 Å². The molecule has 0 saturated heterocycles. The fourth-order valence-corrected chi connectivity index (χ4v) is 4.23. The Hall–Kier alpha value is -5.64. The van der Waals surface area contributed by atoms with Crippen LogP contribution in [0.25, 0.3) is 11.1 Å². The molecule has 4 aromatic carbocycles. The zero-order valence-electron chi connectivity index (χ0n) is 23.3. The number of amides is 2. The number of rotatable bonds is 9. The van der Waals surface area contributed by atoms with Crippen molar-refractivity contribution in [1.29, 1.82) is 0 Å². The highest BCUT2D eigenvalue weighted by Gasteiger charge is 2.18. The second kappa shape index (κ2) is 12.9. The molecule has 218 valence electrons. The van der Waals surface area contributed by atoms with Gasteiger partial charge in [0.2, 0.25) is 0 Å². The molecule has 0 bridgehead atoms. The maximum Gasteiger partial charge on any atom is 0.323 e. The number of benzene rings is 4. The topological polar surface area (TPSA) is 90.8 Å². The molecule has 8 nitrogen and oxygen atoms in total. The fraction of sp³-hybridized carbons (Fsp3) is 0.0909. The zero-order chi connectivity index (χ0) is 30.3. The number of ether oxygens (including phenoxy) is 3. The van der Waals surface area contributed by atoms with Crippen LogP contribution in [0.5, 0.6) is 28.7 Å². The van der Waals surface area contributed by atoms with Crippen LogP contribution in [0.15, 0.2) is 108 Å². The van der Waals surface area contributed by atoms with Crippen molar-refractivity contribution >= 4 is 17.4 Å². The van der Waals surface area contributed by atoms with E-state index < -0.39 is 17.7 Å². The van der Waals surface area contributed by atoms with Crippen LogP contribution in [0.2, 0.25) is 0 Å². The van der Waals surface area contributed by atoms with Gasteiger partial charge in [0.1, 0.15) is 28.8 Å². The van der Waals surface area contributed by atoms with Gasteiger partial charge in [-0.2, -0.15) is 0 Å². The third-order valence-electron chi connectivity index (χ3n) is 6.20. The molecule has 1 aromatic heterocycles. The van der Waals surface area contributed by atoms with Gasteiger partial charge in [0.25, 0.3) is 5.56 Å². The average molecular weight is 584 g/mol. The number of anilines is 2. The van der Waals surface area contributed by atoms with E-state index in [1.807, 2.05) is 30.3 Å². The van der Waals surface area contributed by atoms with Crippen molar-refractivity contribution in [3.8, 4) is 39.9 Å². The van der Waals surface area contributed by atoms with Gasteiger partial charge in [-0.1, -0.05) is 24.3 Å². The van der Waals surface area contributed by atoms with Crippen molar-refractivity contribution in [2.24, 2.45) is 7.05 Å². The lowest BCUT2D eigenvalue weighted by Gasteiger charge is -2.17. The van der Waals surface area contributed by atoms with E-state index in [4.69, 9.17) is 14.2 Å². The van der Waals surface area contributed by atoms with Crippen molar-refractivity contribution in [1.82, 2.24) is 4.57 Å². The molecule has 0 spiro atoms. The van der Waals surface area contributed by atoms with Crippen LogP contribution in [-0.4, -0.2) is 17.2 Å². The number of aryl methyl sites for hydroxylation is 1. The first-order chi connectivity index (χ1) is 20.8. The average Bonchev–Trinajstić information content (AvgIpc) is 2.98. The van der Waals surface area contributed by atoms with Crippen molar-refractivity contribution in [3.63, 3.8) is 0 Å². The van der Waals surface area contributed by atoms with Gasteiger partial charge in [-0.05, 0) is 61.5 Å². The van der Waals surface area contributed by atoms with Crippen LogP contribution in [0.3, 0.4) is 0 Å². The van der Waals surface area contributed by atoms with E-state index in [0.29, 0.717) is 40.1 Å². The number of hydrogen-bond acceptors (Lipinski definition) is 5. The lowest BCUT2D eigenvalue weighted by atomic mass is 10.0. The molecule has 10 heteroatoms. The Morgan fingerprint density at radius 1 is 0.744 bits per heavy atom. The maximum atomic E-state index is 14.5. The molecule has 2 amide bonds.